The van der Waals surface area contributed by atoms with Crippen LogP contribution in [0.15, 0.2) is 0 Å². The Morgan fingerprint density at radius 2 is 1.67 bits per heavy atom. The number of carboxylic acid groups (broad SMARTS) is 1. The van der Waals surface area contributed by atoms with Crippen molar-refractivity contribution in [2.75, 3.05) is 27.4 Å². The molecule has 5 heteroatoms. The summed E-state index contributed by atoms with van der Waals surface area (Å²) in [7, 11) is 3.34. The smallest absolute Gasteiger partial charge is 0.300 e. The summed E-state index contributed by atoms with van der Waals surface area (Å²) in [6, 6.07) is 0. The van der Waals surface area contributed by atoms with Gasteiger partial charge in [-0.3, -0.25) is 4.79 Å². The maximum absolute atomic E-state index is 9.00. The normalized spacial score (nSPS) is 13.7. The predicted octanol–water partition coefficient (Wildman–Crippen LogP) is 1.16. The van der Waals surface area contributed by atoms with Gasteiger partial charge in [0, 0.05) is 21.1 Å². The minimum absolute atomic E-state index is 0.151. The Balaban J connectivity index is 0. The van der Waals surface area contributed by atoms with E-state index in [9.17, 15) is 0 Å². The van der Waals surface area contributed by atoms with Crippen LogP contribution in [0.5, 0.6) is 0 Å². The average molecular weight is 222 g/mol. The summed E-state index contributed by atoms with van der Waals surface area (Å²) in [5.74, 6) is -0.833. The summed E-state index contributed by atoms with van der Waals surface area (Å²) in [5.41, 5.74) is 0. The molecule has 15 heavy (non-hydrogen) atoms. The van der Waals surface area contributed by atoms with Crippen molar-refractivity contribution in [2.45, 2.75) is 33.0 Å². The zero-order valence-corrected chi connectivity index (χ0v) is 10.1. The van der Waals surface area contributed by atoms with Crippen LogP contribution in [0.1, 0.15) is 20.8 Å². The fourth-order valence-corrected chi connectivity index (χ4v) is 0.651. The van der Waals surface area contributed by atoms with E-state index in [1.165, 1.54) is 0 Å². The van der Waals surface area contributed by atoms with Crippen molar-refractivity contribution in [3.63, 3.8) is 0 Å². The average Bonchev–Trinajstić information content (AvgIpc) is 2.14. The van der Waals surface area contributed by atoms with Gasteiger partial charge in [0.15, 0.2) is 0 Å². The Hall–Kier alpha value is -0.650. The van der Waals surface area contributed by atoms with E-state index in [0.717, 1.165) is 6.92 Å². The molecular weight excluding hydrogens is 200 g/mol. The molecule has 0 saturated carbocycles. The lowest BCUT2D eigenvalue weighted by Gasteiger charge is -2.14. The quantitative estimate of drug-likeness (QED) is 0.730. The standard InChI is InChI=1S/C8H18O3.C2H4O2/c1-7(10-4)6-11-8(2)5-9-3;1-2(3)4/h7-8H,5-6H2,1-4H3;1H3,(H,3,4). The number of rotatable bonds is 6. The minimum Gasteiger partial charge on any atom is -0.481 e. The molecule has 0 amide bonds. The lowest BCUT2D eigenvalue weighted by Crippen LogP contribution is -2.21. The third kappa shape index (κ3) is 19.7. The summed E-state index contributed by atoms with van der Waals surface area (Å²) >= 11 is 0. The predicted molar refractivity (Wildman–Crippen MR) is 57.1 cm³/mol. The molecule has 1 N–H and O–H groups in total. The Morgan fingerprint density at radius 3 is 2.00 bits per heavy atom. The van der Waals surface area contributed by atoms with Gasteiger partial charge in [0.05, 0.1) is 25.4 Å². The molecule has 2 unspecified atom stereocenters. The lowest BCUT2D eigenvalue weighted by atomic mass is 10.4. The Morgan fingerprint density at radius 1 is 1.20 bits per heavy atom. The van der Waals surface area contributed by atoms with E-state index < -0.39 is 5.97 Å². The Labute approximate surface area is 91.3 Å². The topological polar surface area (TPSA) is 65.0 Å². The number of carboxylic acids is 1. The van der Waals surface area contributed by atoms with E-state index in [1.54, 1.807) is 14.2 Å². The molecule has 92 valence electrons. The first-order valence-electron chi connectivity index (χ1n) is 4.76. The molecule has 0 aliphatic carbocycles. The molecule has 0 rings (SSSR count). The van der Waals surface area contributed by atoms with Gasteiger partial charge in [0.1, 0.15) is 0 Å². The van der Waals surface area contributed by atoms with Gasteiger partial charge in [-0.1, -0.05) is 0 Å². The molecule has 0 spiro atoms. The van der Waals surface area contributed by atoms with Gasteiger partial charge in [0.25, 0.3) is 5.97 Å². The SMILES string of the molecule is CC(=O)O.COCC(C)OCC(C)OC. The first kappa shape index (κ1) is 16.8. The molecule has 0 aromatic rings. The number of hydrogen-bond donors (Lipinski definition) is 1. The largest absolute Gasteiger partial charge is 0.481 e. The van der Waals surface area contributed by atoms with Crippen molar-refractivity contribution in [2.24, 2.45) is 0 Å². The van der Waals surface area contributed by atoms with Gasteiger partial charge < -0.3 is 19.3 Å². The van der Waals surface area contributed by atoms with Crippen LogP contribution < -0.4 is 0 Å². The van der Waals surface area contributed by atoms with Gasteiger partial charge in [-0.05, 0) is 13.8 Å². The van der Waals surface area contributed by atoms with E-state index in [2.05, 4.69) is 0 Å². The maximum Gasteiger partial charge on any atom is 0.300 e. The van der Waals surface area contributed by atoms with Gasteiger partial charge in [-0.15, -0.1) is 0 Å². The van der Waals surface area contributed by atoms with Crippen LogP contribution in [0.3, 0.4) is 0 Å². The highest BCUT2D eigenvalue weighted by Gasteiger charge is 2.04. The van der Waals surface area contributed by atoms with Crippen LogP contribution in [0, 0.1) is 0 Å². The van der Waals surface area contributed by atoms with Crippen molar-refractivity contribution >= 4 is 5.97 Å². The fourth-order valence-electron chi connectivity index (χ4n) is 0.651. The first-order valence-corrected chi connectivity index (χ1v) is 4.76. The summed E-state index contributed by atoms with van der Waals surface area (Å²) in [4.78, 5) is 9.00. The number of ether oxygens (including phenoxy) is 3. The Bertz CT molecular complexity index is 145. The summed E-state index contributed by atoms with van der Waals surface area (Å²) in [6.45, 7) is 6.29. The van der Waals surface area contributed by atoms with Crippen LogP contribution >= 0.6 is 0 Å². The molecule has 2 atom stereocenters. The van der Waals surface area contributed by atoms with E-state index in [-0.39, 0.29) is 12.2 Å². The van der Waals surface area contributed by atoms with Crippen molar-refractivity contribution in [1.29, 1.82) is 0 Å². The van der Waals surface area contributed by atoms with Gasteiger partial charge in [-0.2, -0.15) is 0 Å². The number of methoxy groups -OCH3 is 2. The zero-order valence-electron chi connectivity index (χ0n) is 10.1. The maximum atomic E-state index is 9.00. The highest BCUT2D eigenvalue weighted by atomic mass is 16.5. The van der Waals surface area contributed by atoms with Crippen LogP contribution in [0.2, 0.25) is 0 Å². The third-order valence-corrected chi connectivity index (χ3v) is 1.42. The van der Waals surface area contributed by atoms with Crippen molar-refractivity contribution < 1.29 is 24.1 Å². The van der Waals surface area contributed by atoms with E-state index in [4.69, 9.17) is 24.1 Å². The second-order valence-electron chi connectivity index (χ2n) is 3.16. The number of carbonyl (C=O) groups is 1. The van der Waals surface area contributed by atoms with Gasteiger partial charge >= 0.3 is 0 Å². The monoisotopic (exact) mass is 222 g/mol. The van der Waals surface area contributed by atoms with Crippen LogP contribution in [-0.2, 0) is 19.0 Å². The minimum atomic E-state index is -0.833. The molecule has 0 radical (unpaired) electrons. The molecule has 0 heterocycles. The van der Waals surface area contributed by atoms with Crippen molar-refractivity contribution in [1.82, 2.24) is 0 Å². The molecule has 0 aliphatic heterocycles. The summed E-state index contributed by atoms with van der Waals surface area (Å²) in [5, 5.41) is 7.42. The molecular formula is C10H22O5. The van der Waals surface area contributed by atoms with Crippen molar-refractivity contribution in [3.05, 3.63) is 0 Å². The highest BCUT2D eigenvalue weighted by molar-refractivity contribution is 5.62. The lowest BCUT2D eigenvalue weighted by molar-refractivity contribution is -0.134. The number of hydrogen-bond acceptors (Lipinski definition) is 4. The van der Waals surface area contributed by atoms with Crippen LogP contribution in [-0.4, -0.2) is 50.7 Å². The highest BCUT2D eigenvalue weighted by Crippen LogP contribution is 1.95. The van der Waals surface area contributed by atoms with Crippen molar-refractivity contribution in [3.8, 4) is 0 Å². The zero-order chi connectivity index (χ0) is 12.3. The molecule has 0 fully saturated rings. The number of aliphatic carboxylic acids is 1. The molecule has 0 aromatic carbocycles. The van der Waals surface area contributed by atoms with E-state index in [1.807, 2.05) is 13.8 Å². The summed E-state index contributed by atoms with van der Waals surface area (Å²) in [6.07, 6.45) is 0.312. The van der Waals surface area contributed by atoms with Crippen LogP contribution in [0.25, 0.3) is 0 Å². The molecule has 0 saturated heterocycles. The fraction of sp³-hybridized carbons (Fsp3) is 0.900. The third-order valence-electron chi connectivity index (χ3n) is 1.42. The van der Waals surface area contributed by atoms with E-state index >= 15 is 0 Å². The van der Waals surface area contributed by atoms with Crippen LogP contribution in [0.4, 0.5) is 0 Å². The summed E-state index contributed by atoms with van der Waals surface area (Å²) < 4.78 is 15.3. The molecule has 0 bridgehead atoms. The van der Waals surface area contributed by atoms with Gasteiger partial charge in [0.2, 0.25) is 0 Å². The van der Waals surface area contributed by atoms with E-state index in [0.29, 0.717) is 13.2 Å². The second kappa shape index (κ2) is 11.4. The van der Waals surface area contributed by atoms with Gasteiger partial charge in [-0.25, -0.2) is 0 Å². The first-order chi connectivity index (χ1) is 6.93. The molecule has 5 nitrogen and oxygen atoms in total. The molecule has 0 aliphatic rings. The Kier molecular flexibility index (Phi) is 12.8. The molecule has 0 aromatic heterocycles. The second-order valence-corrected chi connectivity index (χ2v) is 3.16.